The van der Waals surface area contributed by atoms with Crippen LogP contribution in [-0.2, 0) is 6.42 Å². The van der Waals surface area contributed by atoms with Crippen LogP contribution in [0.5, 0.6) is 5.75 Å². The van der Waals surface area contributed by atoms with Crippen molar-refractivity contribution in [3.05, 3.63) is 58.1 Å². The summed E-state index contributed by atoms with van der Waals surface area (Å²) in [7, 11) is 3.67. The molecule has 1 fully saturated rings. The van der Waals surface area contributed by atoms with Gasteiger partial charge in [-0.15, -0.1) is 0 Å². The van der Waals surface area contributed by atoms with Gasteiger partial charge in [-0.25, -0.2) is 9.37 Å². The average Bonchev–Trinajstić information content (AvgIpc) is 3.07. The normalized spacial score (nSPS) is 17.0. The second kappa shape index (κ2) is 8.44. The van der Waals surface area contributed by atoms with Crippen LogP contribution in [0.25, 0.3) is 11.0 Å². The maximum Gasteiger partial charge on any atom is 0.165 e. The summed E-state index contributed by atoms with van der Waals surface area (Å²) in [5.74, 6) is 1.23. The van der Waals surface area contributed by atoms with E-state index in [-0.39, 0.29) is 17.5 Å². The van der Waals surface area contributed by atoms with Crippen LogP contribution in [0.4, 0.5) is 4.39 Å². The fourth-order valence-electron chi connectivity index (χ4n) is 4.36. The Morgan fingerprint density at radius 2 is 1.97 bits per heavy atom. The summed E-state index contributed by atoms with van der Waals surface area (Å²) in [5, 5.41) is 0. The van der Waals surface area contributed by atoms with E-state index in [9.17, 15) is 4.39 Å². The van der Waals surface area contributed by atoms with Crippen molar-refractivity contribution in [3.8, 4) is 5.75 Å². The Hall–Kier alpha value is -1.92. The highest BCUT2D eigenvalue weighted by Crippen LogP contribution is 2.34. The molecule has 3 aromatic rings. The highest BCUT2D eigenvalue weighted by Gasteiger charge is 2.26. The van der Waals surface area contributed by atoms with E-state index in [0.29, 0.717) is 6.04 Å². The first kappa shape index (κ1) is 20.4. The van der Waals surface area contributed by atoms with Crippen molar-refractivity contribution in [2.24, 2.45) is 0 Å². The minimum atomic E-state index is -0.315. The molecule has 1 saturated heterocycles. The molecule has 6 heteroatoms. The van der Waals surface area contributed by atoms with Gasteiger partial charge >= 0.3 is 0 Å². The molecule has 4 rings (SSSR count). The van der Waals surface area contributed by atoms with E-state index in [0.717, 1.165) is 53.7 Å². The Bertz CT molecular complexity index is 1010. The molecular formula is C23H27BrFN3O. The summed E-state index contributed by atoms with van der Waals surface area (Å²) in [6.45, 7) is 4.38. The second-order valence-corrected chi connectivity index (χ2v) is 9.00. The molecule has 0 saturated carbocycles. The highest BCUT2D eigenvalue weighted by atomic mass is 79.9. The number of hydrogen-bond donors (Lipinski definition) is 0. The number of imidazole rings is 1. The standard InChI is InChI=1S/C23H27BrFN3O/c1-15(12-16-4-7-22(29-3)19(25)13-16)23-26-20-14-17(24)5-6-21(20)28(23)18-8-10-27(2)11-9-18/h4-7,13-15,18H,8-12H2,1-3H3/t15-/m0/s1. The van der Waals surface area contributed by atoms with E-state index < -0.39 is 0 Å². The van der Waals surface area contributed by atoms with Crippen LogP contribution in [0.15, 0.2) is 40.9 Å². The van der Waals surface area contributed by atoms with Gasteiger partial charge in [0.05, 0.1) is 18.1 Å². The molecule has 0 N–H and O–H groups in total. The monoisotopic (exact) mass is 459 g/mol. The molecule has 4 nitrogen and oxygen atoms in total. The molecule has 2 heterocycles. The van der Waals surface area contributed by atoms with Crippen LogP contribution >= 0.6 is 15.9 Å². The number of nitrogens with zero attached hydrogens (tertiary/aromatic N) is 3. The van der Waals surface area contributed by atoms with Crippen LogP contribution in [-0.4, -0.2) is 41.7 Å². The van der Waals surface area contributed by atoms with Crippen molar-refractivity contribution in [3.63, 3.8) is 0 Å². The summed E-state index contributed by atoms with van der Waals surface area (Å²) >= 11 is 3.57. The van der Waals surface area contributed by atoms with Crippen LogP contribution < -0.4 is 4.74 Å². The smallest absolute Gasteiger partial charge is 0.165 e. The minimum absolute atomic E-state index is 0.175. The van der Waals surface area contributed by atoms with Crippen molar-refractivity contribution < 1.29 is 9.13 Å². The molecule has 0 spiro atoms. The molecular weight excluding hydrogens is 433 g/mol. The number of methoxy groups -OCH3 is 1. The molecule has 1 atom stereocenters. The lowest BCUT2D eigenvalue weighted by molar-refractivity contribution is 0.220. The van der Waals surface area contributed by atoms with Gasteiger partial charge in [0.1, 0.15) is 5.82 Å². The van der Waals surface area contributed by atoms with Gasteiger partial charge < -0.3 is 14.2 Å². The maximum absolute atomic E-state index is 14.2. The average molecular weight is 460 g/mol. The number of rotatable bonds is 5. The van der Waals surface area contributed by atoms with Gasteiger partial charge in [-0.2, -0.15) is 0 Å². The van der Waals surface area contributed by atoms with E-state index in [1.54, 1.807) is 12.1 Å². The molecule has 0 aliphatic carbocycles. The summed E-state index contributed by atoms with van der Waals surface area (Å²) in [4.78, 5) is 7.41. The second-order valence-electron chi connectivity index (χ2n) is 8.08. The van der Waals surface area contributed by atoms with Crippen molar-refractivity contribution in [2.45, 2.75) is 38.1 Å². The Kier molecular flexibility index (Phi) is 5.93. The van der Waals surface area contributed by atoms with Gasteiger partial charge in [0.15, 0.2) is 11.6 Å². The van der Waals surface area contributed by atoms with Crippen LogP contribution in [0.1, 0.15) is 43.1 Å². The Balaban J connectivity index is 1.70. The number of ether oxygens (including phenoxy) is 1. The molecule has 1 aliphatic rings. The predicted molar refractivity (Wildman–Crippen MR) is 118 cm³/mol. The third-order valence-electron chi connectivity index (χ3n) is 5.93. The summed E-state index contributed by atoms with van der Waals surface area (Å²) in [5.41, 5.74) is 3.16. The van der Waals surface area contributed by atoms with E-state index in [1.165, 1.54) is 12.6 Å². The van der Waals surface area contributed by atoms with Gasteiger partial charge in [-0.1, -0.05) is 28.9 Å². The van der Waals surface area contributed by atoms with Crippen molar-refractivity contribution in [1.29, 1.82) is 0 Å². The highest BCUT2D eigenvalue weighted by molar-refractivity contribution is 9.10. The molecule has 154 valence electrons. The van der Waals surface area contributed by atoms with E-state index in [4.69, 9.17) is 9.72 Å². The van der Waals surface area contributed by atoms with Gasteiger partial charge in [0, 0.05) is 16.4 Å². The lowest BCUT2D eigenvalue weighted by Gasteiger charge is -2.32. The molecule has 2 aromatic carbocycles. The lowest BCUT2D eigenvalue weighted by atomic mass is 9.98. The van der Waals surface area contributed by atoms with Crippen LogP contribution in [0.2, 0.25) is 0 Å². The van der Waals surface area contributed by atoms with Crippen LogP contribution in [0, 0.1) is 5.82 Å². The lowest BCUT2D eigenvalue weighted by Crippen LogP contribution is -2.32. The molecule has 29 heavy (non-hydrogen) atoms. The number of likely N-dealkylation sites (tertiary alicyclic amines) is 1. The van der Waals surface area contributed by atoms with Gasteiger partial charge in [-0.05, 0) is 75.3 Å². The van der Waals surface area contributed by atoms with Gasteiger partial charge in [0.2, 0.25) is 0 Å². The third kappa shape index (κ3) is 4.19. The SMILES string of the molecule is COc1ccc(C[C@H](C)c2nc3cc(Br)ccc3n2C2CCN(C)CC2)cc1F. The molecule has 1 aliphatic heterocycles. The first-order valence-corrected chi connectivity index (χ1v) is 10.9. The van der Waals surface area contributed by atoms with Gasteiger partial charge in [-0.3, -0.25) is 0 Å². The predicted octanol–water partition coefficient (Wildman–Crippen LogP) is 5.56. The number of fused-ring (bicyclic) bond motifs is 1. The Morgan fingerprint density at radius 1 is 1.21 bits per heavy atom. The zero-order valence-corrected chi connectivity index (χ0v) is 18.7. The number of aromatic nitrogens is 2. The van der Waals surface area contributed by atoms with Crippen molar-refractivity contribution >= 4 is 27.0 Å². The van der Waals surface area contributed by atoms with E-state index >= 15 is 0 Å². The van der Waals surface area contributed by atoms with E-state index in [1.807, 2.05) is 6.07 Å². The maximum atomic E-state index is 14.2. The fraction of sp³-hybridized carbons (Fsp3) is 0.435. The first-order chi connectivity index (χ1) is 14.0. The molecule has 0 bridgehead atoms. The summed E-state index contributed by atoms with van der Waals surface area (Å²) in [6, 6.07) is 12.0. The molecule has 1 aromatic heterocycles. The zero-order valence-electron chi connectivity index (χ0n) is 17.2. The van der Waals surface area contributed by atoms with Gasteiger partial charge in [0.25, 0.3) is 0 Å². The summed E-state index contributed by atoms with van der Waals surface area (Å²) < 4.78 is 22.7. The molecule has 0 unspecified atom stereocenters. The largest absolute Gasteiger partial charge is 0.494 e. The van der Waals surface area contributed by atoms with Crippen LogP contribution in [0.3, 0.4) is 0 Å². The molecule has 0 amide bonds. The number of benzene rings is 2. The first-order valence-electron chi connectivity index (χ1n) is 10.1. The third-order valence-corrected chi connectivity index (χ3v) is 6.42. The molecule has 0 radical (unpaired) electrons. The fourth-order valence-corrected chi connectivity index (χ4v) is 4.71. The Labute approximate surface area is 179 Å². The van der Waals surface area contributed by atoms with Crippen molar-refractivity contribution in [1.82, 2.24) is 14.5 Å². The minimum Gasteiger partial charge on any atom is -0.494 e. The quantitative estimate of drug-likeness (QED) is 0.500. The summed E-state index contributed by atoms with van der Waals surface area (Å²) in [6.07, 6.45) is 2.97. The van der Waals surface area contributed by atoms with E-state index in [2.05, 4.69) is 57.6 Å². The van der Waals surface area contributed by atoms with Crippen molar-refractivity contribution in [2.75, 3.05) is 27.2 Å². The number of halogens is 2. The topological polar surface area (TPSA) is 30.3 Å². The number of piperidine rings is 1. The Morgan fingerprint density at radius 3 is 2.66 bits per heavy atom. The zero-order chi connectivity index (χ0) is 20.5. The number of hydrogen-bond acceptors (Lipinski definition) is 3.